The Morgan fingerprint density at radius 2 is 1.74 bits per heavy atom. The van der Waals surface area contributed by atoms with Gasteiger partial charge in [0.05, 0.1) is 27.3 Å². The highest BCUT2D eigenvalue weighted by Crippen LogP contribution is 2.25. The van der Waals surface area contributed by atoms with E-state index < -0.39 is 29.4 Å². The van der Waals surface area contributed by atoms with Gasteiger partial charge >= 0.3 is 6.09 Å². The molecule has 0 unspecified atom stereocenters. The number of nitrogens with zero attached hydrogens (tertiary/aromatic N) is 2. The van der Waals surface area contributed by atoms with Crippen LogP contribution in [-0.2, 0) is 0 Å². The first kappa shape index (κ1) is 22.9. The molecule has 0 spiro atoms. The van der Waals surface area contributed by atoms with Crippen LogP contribution in [0.15, 0.2) is 54.6 Å². The van der Waals surface area contributed by atoms with E-state index >= 15 is 0 Å². The lowest BCUT2D eigenvalue weighted by molar-refractivity contribution is 0.0996. The summed E-state index contributed by atoms with van der Waals surface area (Å²) in [6.07, 6.45) is -1.21. The monoisotopic (exact) mass is 484 g/mol. The molecule has 3 aromatic carbocycles. The van der Waals surface area contributed by atoms with E-state index in [1.165, 1.54) is 43.4 Å². The molecule has 0 saturated heterocycles. The van der Waals surface area contributed by atoms with Crippen molar-refractivity contribution in [3.63, 3.8) is 0 Å². The maximum absolute atomic E-state index is 14.1. The quantitative estimate of drug-likeness (QED) is 0.269. The second kappa shape index (κ2) is 8.91. The first-order valence-electron chi connectivity index (χ1n) is 9.71. The van der Waals surface area contributed by atoms with E-state index in [1.807, 2.05) is 0 Å². The van der Waals surface area contributed by atoms with Gasteiger partial charge in [-0.25, -0.2) is 18.6 Å². The Labute approximate surface area is 195 Å². The van der Waals surface area contributed by atoms with Gasteiger partial charge in [-0.1, -0.05) is 29.8 Å². The lowest BCUT2D eigenvalue weighted by Gasteiger charge is -2.11. The van der Waals surface area contributed by atoms with Gasteiger partial charge in [0.15, 0.2) is 5.78 Å². The van der Waals surface area contributed by atoms with Crippen molar-refractivity contribution in [1.82, 2.24) is 9.97 Å². The average Bonchev–Trinajstić information content (AvgIpc) is 3.24. The molecule has 3 N–H and O–H groups in total. The second-order valence-corrected chi connectivity index (χ2v) is 7.62. The molecule has 4 rings (SSSR count). The number of ketones is 1. The van der Waals surface area contributed by atoms with E-state index in [-0.39, 0.29) is 33.3 Å². The number of aromatic nitrogens is 2. The van der Waals surface area contributed by atoms with Gasteiger partial charge in [0.2, 0.25) is 5.95 Å². The molecule has 2 amide bonds. The minimum absolute atomic E-state index is 0.0374. The maximum Gasteiger partial charge on any atom is 0.413 e. The number of rotatable bonds is 5. The molecule has 172 valence electrons. The van der Waals surface area contributed by atoms with E-state index in [2.05, 4.69) is 15.3 Å². The Morgan fingerprint density at radius 1 is 1.03 bits per heavy atom. The van der Waals surface area contributed by atoms with Gasteiger partial charge in [-0.05, 0) is 30.3 Å². The lowest BCUT2D eigenvalue weighted by atomic mass is 9.97. The van der Waals surface area contributed by atoms with Crippen LogP contribution < -0.4 is 10.2 Å². The molecule has 0 saturated carbocycles. The van der Waals surface area contributed by atoms with Crippen LogP contribution in [0.3, 0.4) is 0 Å². The Balaban J connectivity index is 1.66. The Kier molecular flexibility index (Phi) is 5.99. The van der Waals surface area contributed by atoms with E-state index in [9.17, 15) is 23.2 Å². The van der Waals surface area contributed by atoms with E-state index in [0.717, 1.165) is 11.0 Å². The Bertz CT molecular complexity index is 1470. The number of H-pyrrole nitrogens is 1. The molecule has 1 aromatic heterocycles. The molecule has 4 aromatic rings. The predicted molar refractivity (Wildman–Crippen MR) is 122 cm³/mol. The van der Waals surface area contributed by atoms with Gasteiger partial charge in [-0.3, -0.25) is 14.5 Å². The zero-order valence-electron chi connectivity index (χ0n) is 17.4. The highest BCUT2D eigenvalue weighted by molar-refractivity contribution is 6.31. The van der Waals surface area contributed by atoms with Crippen LogP contribution >= 0.6 is 11.6 Å². The topological polar surface area (TPSA) is 115 Å². The summed E-state index contributed by atoms with van der Waals surface area (Å²) in [6.45, 7) is 0. The first-order valence-corrected chi connectivity index (χ1v) is 10.1. The van der Waals surface area contributed by atoms with Crippen LogP contribution in [0.5, 0.6) is 0 Å². The van der Waals surface area contributed by atoms with Crippen molar-refractivity contribution in [3.8, 4) is 0 Å². The lowest BCUT2D eigenvalue weighted by Crippen LogP contribution is -2.24. The average molecular weight is 485 g/mol. The summed E-state index contributed by atoms with van der Waals surface area (Å²) >= 11 is 5.67. The number of fused-ring (bicyclic) bond motifs is 1. The van der Waals surface area contributed by atoms with Crippen LogP contribution in [-0.4, -0.2) is 39.9 Å². The smallest absolute Gasteiger partial charge is 0.413 e. The third-order valence-electron chi connectivity index (χ3n) is 5.01. The summed E-state index contributed by atoms with van der Waals surface area (Å²) < 4.78 is 27.5. The van der Waals surface area contributed by atoms with Gasteiger partial charge in [-0.2, -0.15) is 0 Å². The highest BCUT2D eigenvalue weighted by atomic mass is 35.5. The van der Waals surface area contributed by atoms with Crippen molar-refractivity contribution >= 4 is 52.1 Å². The number of carboxylic acid groups (broad SMARTS) is 1. The number of aromatic amines is 1. The number of amides is 2. The second-order valence-electron chi connectivity index (χ2n) is 7.21. The molecule has 0 fully saturated rings. The number of imidazole rings is 1. The van der Waals surface area contributed by atoms with E-state index in [4.69, 9.17) is 16.7 Å². The molecule has 1 heterocycles. The van der Waals surface area contributed by atoms with Gasteiger partial charge in [-0.15, -0.1) is 0 Å². The van der Waals surface area contributed by atoms with Gasteiger partial charge in [0.1, 0.15) is 11.6 Å². The fourth-order valence-corrected chi connectivity index (χ4v) is 3.39. The van der Waals surface area contributed by atoms with Crippen molar-refractivity contribution in [1.29, 1.82) is 0 Å². The number of anilines is 2. The number of benzene rings is 3. The molecule has 11 heteroatoms. The SMILES string of the molecule is CN(C(=O)O)c1nc2ccc(C(=O)c3ccccc3C(=O)Nc3cc(Cl)c(F)cc3F)cc2[nH]1. The Hall–Kier alpha value is -4.31. The summed E-state index contributed by atoms with van der Waals surface area (Å²) in [5, 5.41) is 11.0. The zero-order valence-corrected chi connectivity index (χ0v) is 18.2. The van der Waals surface area contributed by atoms with Gasteiger partial charge in [0, 0.05) is 24.2 Å². The van der Waals surface area contributed by atoms with Crippen LogP contribution in [0, 0.1) is 11.6 Å². The molecule has 0 aliphatic carbocycles. The van der Waals surface area contributed by atoms with Crippen LogP contribution in [0.2, 0.25) is 5.02 Å². The summed E-state index contributed by atoms with van der Waals surface area (Å²) in [4.78, 5) is 45.1. The van der Waals surface area contributed by atoms with Crippen LogP contribution in [0.25, 0.3) is 11.0 Å². The van der Waals surface area contributed by atoms with Crippen molar-refractivity contribution in [2.24, 2.45) is 0 Å². The zero-order chi connectivity index (χ0) is 24.6. The molecule has 0 bridgehead atoms. The number of halogens is 3. The number of carbonyl (C=O) groups is 3. The van der Waals surface area contributed by atoms with Gasteiger partial charge in [0.25, 0.3) is 5.91 Å². The third-order valence-corrected chi connectivity index (χ3v) is 5.30. The molecule has 8 nitrogen and oxygen atoms in total. The molecule has 0 aliphatic rings. The molecular weight excluding hydrogens is 470 g/mol. The fourth-order valence-electron chi connectivity index (χ4n) is 3.23. The molecule has 0 radical (unpaired) electrons. The summed E-state index contributed by atoms with van der Waals surface area (Å²) in [6, 6.07) is 11.9. The predicted octanol–water partition coefficient (Wildman–Crippen LogP) is 5.09. The number of nitrogens with one attached hydrogen (secondary N) is 2. The molecule has 0 atom stereocenters. The van der Waals surface area contributed by atoms with Crippen LogP contribution in [0.1, 0.15) is 26.3 Å². The number of hydrogen-bond acceptors (Lipinski definition) is 4. The van der Waals surface area contributed by atoms with Crippen molar-refractivity contribution in [2.75, 3.05) is 17.3 Å². The minimum atomic E-state index is -1.21. The van der Waals surface area contributed by atoms with Crippen molar-refractivity contribution in [2.45, 2.75) is 0 Å². The normalized spacial score (nSPS) is 10.8. The number of carbonyl (C=O) groups excluding carboxylic acids is 2. The maximum atomic E-state index is 14.1. The van der Waals surface area contributed by atoms with Gasteiger partial charge < -0.3 is 15.4 Å². The summed E-state index contributed by atoms with van der Waals surface area (Å²) in [7, 11) is 1.32. The number of hydrogen-bond donors (Lipinski definition) is 3. The highest BCUT2D eigenvalue weighted by Gasteiger charge is 2.21. The van der Waals surface area contributed by atoms with Crippen molar-refractivity contribution in [3.05, 3.63) is 87.9 Å². The molecule has 0 aliphatic heterocycles. The Morgan fingerprint density at radius 3 is 2.44 bits per heavy atom. The molecule has 34 heavy (non-hydrogen) atoms. The van der Waals surface area contributed by atoms with Crippen LogP contribution in [0.4, 0.5) is 25.2 Å². The summed E-state index contributed by atoms with van der Waals surface area (Å²) in [5.41, 5.74) is 0.719. The van der Waals surface area contributed by atoms with E-state index in [0.29, 0.717) is 17.1 Å². The standard InChI is InChI=1S/C23H15ClF2N4O4/c1-30(23(33)34)22-28-17-7-6-11(8-19(17)29-22)20(31)12-4-2-3-5-13(12)21(32)27-18-9-14(24)15(25)10-16(18)26/h2-10H,1H3,(H,27,32)(H,28,29)(H,33,34). The van der Waals surface area contributed by atoms with Crippen molar-refractivity contribution < 1.29 is 28.3 Å². The first-order chi connectivity index (χ1) is 16.2. The fraction of sp³-hybridized carbons (Fsp3) is 0.0435. The third kappa shape index (κ3) is 4.30. The largest absolute Gasteiger partial charge is 0.465 e. The van der Waals surface area contributed by atoms with E-state index in [1.54, 1.807) is 6.07 Å². The molecular formula is C23H15ClF2N4O4. The minimum Gasteiger partial charge on any atom is -0.465 e. The summed E-state index contributed by atoms with van der Waals surface area (Å²) in [5.74, 6) is -3.22.